The molecule has 0 atom stereocenters. The van der Waals surface area contributed by atoms with Crippen LogP contribution in [0.4, 0.5) is 0 Å². The number of nitrogens with zero attached hydrogens (tertiary/aromatic N) is 2. The minimum atomic E-state index is -4.18. The summed E-state index contributed by atoms with van der Waals surface area (Å²) in [5, 5.41) is 14.1. The highest BCUT2D eigenvalue weighted by atomic mass is 32.2. The van der Waals surface area contributed by atoms with Crippen LogP contribution in [0.25, 0.3) is 10.8 Å². The molecule has 0 aromatic heterocycles. The van der Waals surface area contributed by atoms with Crippen molar-refractivity contribution >= 4 is 26.6 Å². The molecule has 3 rings (SSSR count). The van der Waals surface area contributed by atoms with Crippen LogP contribution < -0.4 is 4.74 Å². The van der Waals surface area contributed by atoms with Gasteiger partial charge in [-0.2, -0.15) is 13.7 Å². The van der Waals surface area contributed by atoms with Crippen molar-refractivity contribution in [2.45, 2.75) is 4.90 Å². The normalized spacial score (nSPS) is 11.8. The summed E-state index contributed by atoms with van der Waals surface area (Å²) in [7, 11) is -2.65. The van der Waals surface area contributed by atoms with Crippen LogP contribution in [-0.4, -0.2) is 21.2 Å². The van der Waals surface area contributed by atoms with Crippen molar-refractivity contribution in [3.05, 3.63) is 72.3 Å². The fraction of sp³-hybridized carbons (Fsp3) is 0.0526. The summed E-state index contributed by atoms with van der Waals surface area (Å²) in [5.41, 5.74) is 0.262. The third-order valence-corrected chi connectivity index (χ3v) is 4.88. The number of fused-ring (bicyclic) bond motifs is 1. The van der Waals surface area contributed by atoms with Crippen molar-refractivity contribution in [3.8, 4) is 11.8 Å². The van der Waals surface area contributed by atoms with Crippen LogP contribution in [0.2, 0.25) is 0 Å². The first kappa shape index (κ1) is 17.5. The van der Waals surface area contributed by atoms with Gasteiger partial charge in [-0.05, 0) is 35.7 Å². The third kappa shape index (κ3) is 3.50. The van der Waals surface area contributed by atoms with Crippen LogP contribution in [0.3, 0.4) is 0 Å². The Kier molecular flexibility index (Phi) is 4.87. The average molecular weight is 366 g/mol. The van der Waals surface area contributed by atoms with Crippen LogP contribution in [0.15, 0.2) is 76.8 Å². The lowest BCUT2D eigenvalue weighted by molar-refractivity contribution is 0.340. The van der Waals surface area contributed by atoms with Gasteiger partial charge in [0.2, 0.25) is 0 Å². The molecule has 6 nitrogen and oxygen atoms in total. The van der Waals surface area contributed by atoms with E-state index in [1.165, 1.54) is 13.2 Å². The number of methoxy groups -OCH3 is 1. The maximum atomic E-state index is 12.5. The zero-order chi connectivity index (χ0) is 18.6. The van der Waals surface area contributed by atoms with Gasteiger partial charge in [0.1, 0.15) is 16.7 Å². The zero-order valence-electron chi connectivity index (χ0n) is 13.8. The first-order valence-electron chi connectivity index (χ1n) is 7.59. The van der Waals surface area contributed by atoms with E-state index in [1.54, 1.807) is 54.6 Å². The molecule has 0 bridgehead atoms. The molecule has 0 saturated heterocycles. The molecule has 0 aliphatic rings. The molecular formula is C19H14N2O4S. The number of benzene rings is 3. The molecule has 3 aromatic carbocycles. The first-order chi connectivity index (χ1) is 12.5. The molecule has 130 valence electrons. The third-order valence-electron chi connectivity index (χ3n) is 3.72. The molecule has 0 spiro atoms. The maximum absolute atomic E-state index is 12.5. The topological polar surface area (TPSA) is 88.8 Å². The molecule has 0 aliphatic carbocycles. The summed E-state index contributed by atoms with van der Waals surface area (Å²) in [6.45, 7) is 0. The van der Waals surface area contributed by atoms with Gasteiger partial charge in [-0.25, -0.2) is 0 Å². The highest BCUT2D eigenvalue weighted by molar-refractivity contribution is 7.87. The Labute approximate surface area is 151 Å². The average Bonchev–Trinajstić information content (AvgIpc) is 2.68. The standard InChI is InChI=1S/C19H14N2O4S/c1-24-16-11-9-15(10-12-16)18(13-20)21-25-26(22,23)19-8-4-6-14-5-2-3-7-17(14)19/h2-12H,1H3/b21-18+. The Morgan fingerprint density at radius 2 is 1.69 bits per heavy atom. The number of rotatable bonds is 5. The van der Waals surface area contributed by atoms with Crippen molar-refractivity contribution < 1.29 is 17.4 Å². The second-order valence-electron chi connectivity index (χ2n) is 5.29. The van der Waals surface area contributed by atoms with E-state index in [4.69, 9.17) is 9.02 Å². The molecular weight excluding hydrogens is 352 g/mol. The molecule has 0 radical (unpaired) electrons. The molecule has 0 unspecified atom stereocenters. The first-order valence-corrected chi connectivity index (χ1v) is 9.00. The smallest absolute Gasteiger partial charge is 0.359 e. The highest BCUT2D eigenvalue weighted by Gasteiger charge is 2.19. The zero-order valence-corrected chi connectivity index (χ0v) is 14.6. The van der Waals surface area contributed by atoms with E-state index in [2.05, 4.69) is 5.16 Å². The van der Waals surface area contributed by atoms with E-state index in [1.807, 2.05) is 12.1 Å². The fourth-order valence-electron chi connectivity index (χ4n) is 2.43. The molecule has 3 aromatic rings. The molecule has 0 fully saturated rings. The van der Waals surface area contributed by atoms with Crippen LogP contribution in [0.5, 0.6) is 5.75 Å². The van der Waals surface area contributed by atoms with Gasteiger partial charge in [0.25, 0.3) is 0 Å². The molecule has 7 heteroatoms. The Morgan fingerprint density at radius 3 is 2.38 bits per heavy atom. The molecule has 0 aliphatic heterocycles. The lowest BCUT2D eigenvalue weighted by Gasteiger charge is -2.06. The van der Waals surface area contributed by atoms with Crippen molar-refractivity contribution in [1.29, 1.82) is 5.26 Å². The van der Waals surface area contributed by atoms with Crippen LogP contribution in [0.1, 0.15) is 5.56 Å². The molecule has 0 saturated carbocycles. The maximum Gasteiger partial charge on any atom is 0.359 e. The van der Waals surface area contributed by atoms with E-state index in [0.717, 1.165) is 5.39 Å². The predicted molar refractivity (Wildman–Crippen MR) is 97.4 cm³/mol. The summed E-state index contributed by atoms with van der Waals surface area (Å²) in [6, 6.07) is 20.2. The minimum absolute atomic E-state index is 0.00799. The van der Waals surface area contributed by atoms with E-state index in [0.29, 0.717) is 16.7 Å². The van der Waals surface area contributed by atoms with Gasteiger partial charge in [0.05, 0.1) is 7.11 Å². The number of hydrogen-bond acceptors (Lipinski definition) is 6. The molecule has 0 heterocycles. The summed E-state index contributed by atoms with van der Waals surface area (Å²) >= 11 is 0. The molecule has 26 heavy (non-hydrogen) atoms. The van der Waals surface area contributed by atoms with Crippen molar-refractivity contribution in [1.82, 2.24) is 0 Å². The number of oxime groups is 1. The summed E-state index contributed by atoms with van der Waals surface area (Å²) in [4.78, 5) is -0.00799. The predicted octanol–water partition coefficient (Wildman–Crippen LogP) is 3.48. The van der Waals surface area contributed by atoms with Crippen LogP contribution in [-0.2, 0) is 14.4 Å². The largest absolute Gasteiger partial charge is 0.497 e. The fourth-order valence-corrected chi connectivity index (χ4v) is 3.38. The van der Waals surface area contributed by atoms with Gasteiger partial charge < -0.3 is 4.74 Å². The van der Waals surface area contributed by atoms with Gasteiger partial charge in [-0.3, -0.25) is 4.28 Å². The summed E-state index contributed by atoms with van der Waals surface area (Å²) in [5.74, 6) is 0.607. The lowest BCUT2D eigenvalue weighted by Crippen LogP contribution is -2.06. The summed E-state index contributed by atoms with van der Waals surface area (Å²) < 4.78 is 34.9. The second kappa shape index (κ2) is 7.25. The van der Waals surface area contributed by atoms with Gasteiger partial charge in [-0.1, -0.05) is 41.6 Å². The number of hydrogen-bond donors (Lipinski definition) is 0. The quantitative estimate of drug-likeness (QED) is 0.509. The van der Waals surface area contributed by atoms with Crippen molar-refractivity contribution in [2.24, 2.45) is 5.16 Å². The van der Waals surface area contributed by atoms with E-state index >= 15 is 0 Å². The monoisotopic (exact) mass is 366 g/mol. The lowest BCUT2D eigenvalue weighted by atomic mass is 10.1. The van der Waals surface area contributed by atoms with Crippen LogP contribution in [0, 0.1) is 11.3 Å². The number of nitriles is 1. The van der Waals surface area contributed by atoms with E-state index < -0.39 is 10.1 Å². The Bertz CT molecular complexity index is 1110. The Balaban J connectivity index is 1.95. The highest BCUT2D eigenvalue weighted by Crippen LogP contribution is 2.24. The second-order valence-corrected chi connectivity index (χ2v) is 6.78. The Hall–Kier alpha value is -3.37. The van der Waals surface area contributed by atoms with Gasteiger partial charge >= 0.3 is 10.1 Å². The van der Waals surface area contributed by atoms with Gasteiger partial charge in [0, 0.05) is 10.9 Å². The van der Waals surface area contributed by atoms with E-state index in [-0.39, 0.29) is 10.6 Å². The van der Waals surface area contributed by atoms with Gasteiger partial charge in [-0.15, -0.1) is 0 Å². The minimum Gasteiger partial charge on any atom is -0.497 e. The van der Waals surface area contributed by atoms with Gasteiger partial charge in [0.15, 0.2) is 5.71 Å². The summed E-state index contributed by atoms with van der Waals surface area (Å²) in [6.07, 6.45) is 0. The molecule has 0 amide bonds. The molecule has 0 N–H and O–H groups in total. The van der Waals surface area contributed by atoms with Crippen molar-refractivity contribution in [3.63, 3.8) is 0 Å². The van der Waals surface area contributed by atoms with E-state index in [9.17, 15) is 13.7 Å². The van der Waals surface area contributed by atoms with Crippen LogP contribution >= 0.6 is 0 Å². The van der Waals surface area contributed by atoms with Crippen molar-refractivity contribution in [2.75, 3.05) is 7.11 Å². The SMILES string of the molecule is COc1ccc(/C(C#N)=N/OS(=O)(=O)c2cccc3ccccc23)cc1. The Morgan fingerprint density at radius 1 is 1.00 bits per heavy atom. The number of ether oxygens (including phenoxy) is 1.